The highest BCUT2D eigenvalue weighted by Crippen LogP contribution is 2.46. The summed E-state index contributed by atoms with van der Waals surface area (Å²) < 4.78 is 3.53. The molecule has 0 saturated heterocycles. The van der Waals surface area contributed by atoms with Crippen molar-refractivity contribution in [2.75, 3.05) is 0 Å². The Morgan fingerprint density at radius 2 is 1.90 bits per heavy atom. The summed E-state index contributed by atoms with van der Waals surface area (Å²) in [5.41, 5.74) is 6.11. The first-order valence-corrected chi connectivity index (χ1v) is 11.9. The normalized spacial score (nSPS) is 14.8. The van der Waals surface area contributed by atoms with Gasteiger partial charge in [-0.3, -0.25) is 4.98 Å². The number of aromatic carboxylic acids is 1. The molecule has 3 heterocycles. The smallest absolute Gasteiger partial charge is 0.345 e. The van der Waals surface area contributed by atoms with Crippen molar-refractivity contribution in [3.63, 3.8) is 0 Å². The molecule has 158 valence electrons. The van der Waals surface area contributed by atoms with Crippen LogP contribution in [0.4, 0.5) is 0 Å². The molecule has 5 heteroatoms. The molecule has 0 atom stereocenters. The van der Waals surface area contributed by atoms with Gasteiger partial charge in [0.2, 0.25) is 0 Å². The lowest BCUT2D eigenvalue weighted by Gasteiger charge is -2.23. The largest absolute Gasteiger partial charge is 0.477 e. The van der Waals surface area contributed by atoms with E-state index >= 15 is 0 Å². The van der Waals surface area contributed by atoms with E-state index in [2.05, 4.69) is 45.9 Å². The molecule has 1 saturated carbocycles. The zero-order valence-electron chi connectivity index (χ0n) is 17.5. The van der Waals surface area contributed by atoms with Crippen LogP contribution in [0.5, 0.6) is 0 Å². The molecule has 0 bridgehead atoms. The lowest BCUT2D eigenvalue weighted by molar-refractivity contribution is 0.0702. The van der Waals surface area contributed by atoms with Crippen molar-refractivity contribution in [2.24, 2.45) is 0 Å². The molecule has 0 unspecified atom stereocenters. The Morgan fingerprint density at radius 1 is 1.10 bits per heavy atom. The average molecular weight is 431 g/mol. The molecule has 1 aromatic carbocycles. The van der Waals surface area contributed by atoms with Gasteiger partial charge in [-0.15, -0.1) is 11.3 Å². The number of aryl methyl sites for hydroxylation is 2. The van der Waals surface area contributed by atoms with Crippen molar-refractivity contribution in [1.29, 1.82) is 0 Å². The second-order valence-corrected chi connectivity index (χ2v) is 9.41. The quantitative estimate of drug-likeness (QED) is 0.368. The number of thiophene rings is 1. The summed E-state index contributed by atoms with van der Waals surface area (Å²) >= 11 is 1.44. The van der Waals surface area contributed by atoms with E-state index in [1.807, 2.05) is 18.3 Å². The minimum Gasteiger partial charge on any atom is -0.477 e. The van der Waals surface area contributed by atoms with Crippen LogP contribution in [0.1, 0.15) is 58.8 Å². The Kier molecular flexibility index (Phi) is 5.60. The number of hydrogen-bond donors (Lipinski definition) is 1. The molecule has 1 aliphatic carbocycles. The number of aromatic nitrogens is 2. The van der Waals surface area contributed by atoms with Gasteiger partial charge < -0.3 is 9.67 Å². The number of carbonyl (C=O) groups is 1. The van der Waals surface area contributed by atoms with Crippen molar-refractivity contribution in [1.82, 2.24) is 9.55 Å². The second-order valence-electron chi connectivity index (χ2n) is 8.36. The molecule has 0 spiro atoms. The number of fused-ring (bicyclic) bond motifs is 1. The standard InChI is InChI=1S/C26H26N2O2S/c29-26(30)22-16-21-25(31-22)23(19-9-3-1-4-10-19)24(20-11-5-2-6-12-20)28(21)15-13-18-8-7-14-27-17-18/h2,5-8,11-12,14,16-17,19H,1,3-4,9-10,13,15H2,(H,29,30). The summed E-state index contributed by atoms with van der Waals surface area (Å²) in [6.45, 7) is 0.801. The minimum absolute atomic E-state index is 0.428. The summed E-state index contributed by atoms with van der Waals surface area (Å²) in [5, 5.41) is 9.68. The fourth-order valence-corrected chi connectivity index (χ4v) is 6.07. The van der Waals surface area contributed by atoms with E-state index in [-0.39, 0.29) is 0 Å². The molecule has 1 fully saturated rings. The first-order chi connectivity index (χ1) is 15.2. The molecule has 3 aromatic heterocycles. The molecule has 31 heavy (non-hydrogen) atoms. The van der Waals surface area contributed by atoms with E-state index in [1.165, 1.54) is 65.8 Å². The van der Waals surface area contributed by atoms with Crippen molar-refractivity contribution in [3.8, 4) is 11.3 Å². The van der Waals surface area contributed by atoms with Crippen LogP contribution in [0.15, 0.2) is 60.9 Å². The number of nitrogens with zero attached hydrogens (tertiary/aromatic N) is 2. The predicted molar refractivity (Wildman–Crippen MR) is 126 cm³/mol. The highest BCUT2D eigenvalue weighted by Gasteiger charge is 2.28. The van der Waals surface area contributed by atoms with Crippen LogP contribution in [0.25, 0.3) is 21.5 Å². The maximum absolute atomic E-state index is 11.8. The fourth-order valence-electron chi connectivity index (χ4n) is 4.95. The Balaban J connectivity index is 1.70. The summed E-state index contributed by atoms with van der Waals surface area (Å²) in [6, 6.07) is 16.6. The summed E-state index contributed by atoms with van der Waals surface area (Å²) in [6.07, 6.45) is 10.7. The van der Waals surface area contributed by atoms with Gasteiger partial charge in [-0.1, -0.05) is 55.7 Å². The van der Waals surface area contributed by atoms with Crippen LogP contribution in [-0.4, -0.2) is 20.6 Å². The predicted octanol–water partition coefficient (Wildman–Crippen LogP) is 6.75. The lowest BCUT2D eigenvalue weighted by atomic mass is 9.83. The zero-order valence-corrected chi connectivity index (χ0v) is 18.3. The third-order valence-corrected chi connectivity index (χ3v) is 7.54. The van der Waals surface area contributed by atoms with Gasteiger partial charge >= 0.3 is 5.97 Å². The summed E-state index contributed by atoms with van der Waals surface area (Å²) in [5.74, 6) is -0.345. The third kappa shape index (κ3) is 3.90. The number of carboxylic acid groups (broad SMARTS) is 1. The Bertz CT molecular complexity index is 1190. The highest BCUT2D eigenvalue weighted by atomic mass is 32.1. The summed E-state index contributed by atoms with van der Waals surface area (Å²) in [4.78, 5) is 16.5. The molecule has 1 N–H and O–H groups in total. The van der Waals surface area contributed by atoms with Gasteiger partial charge in [0.1, 0.15) is 4.88 Å². The maximum atomic E-state index is 11.8. The molecule has 0 amide bonds. The number of pyridine rings is 1. The fraction of sp³-hybridized carbons (Fsp3) is 0.308. The van der Waals surface area contributed by atoms with Gasteiger partial charge in [0.05, 0.1) is 15.9 Å². The third-order valence-electron chi connectivity index (χ3n) is 6.39. The van der Waals surface area contributed by atoms with E-state index < -0.39 is 5.97 Å². The Morgan fingerprint density at radius 3 is 2.61 bits per heavy atom. The van der Waals surface area contributed by atoms with Gasteiger partial charge in [0, 0.05) is 18.9 Å². The summed E-state index contributed by atoms with van der Waals surface area (Å²) in [7, 11) is 0. The van der Waals surface area contributed by atoms with E-state index in [9.17, 15) is 9.90 Å². The minimum atomic E-state index is -0.837. The lowest BCUT2D eigenvalue weighted by Crippen LogP contribution is -2.08. The van der Waals surface area contributed by atoms with Crippen LogP contribution in [-0.2, 0) is 13.0 Å². The van der Waals surface area contributed by atoms with Crippen molar-refractivity contribution >= 4 is 27.5 Å². The van der Waals surface area contributed by atoms with E-state index in [1.54, 1.807) is 6.20 Å². The van der Waals surface area contributed by atoms with Crippen molar-refractivity contribution in [3.05, 3.63) is 76.9 Å². The number of benzene rings is 1. The monoisotopic (exact) mass is 430 g/mol. The van der Waals surface area contributed by atoms with Crippen LogP contribution in [0, 0.1) is 0 Å². The van der Waals surface area contributed by atoms with Crippen molar-refractivity contribution < 1.29 is 9.90 Å². The number of rotatable bonds is 6. The topological polar surface area (TPSA) is 55.1 Å². The second kappa shape index (κ2) is 8.67. The van der Waals surface area contributed by atoms with E-state index in [0.717, 1.165) is 23.2 Å². The number of hydrogen-bond acceptors (Lipinski definition) is 3. The molecule has 0 radical (unpaired) electrons. The molecule has 0 aliphatic heterocycles. The molecule has 5 rings (SSSR count). The molecule has 1 aliphatic rings. The maximum Gasteiger partial charge on any atom is 0.345 e. The van der Waals surface area contributed by atoms with Crippen LogP contribution < -0.4 is 0 Å². The van der Waals surface area contributed by atoms with Gasteiger partial charge in [-0.2, -0.15) is 0 Å². The van der Waals surface area contributed by atoms with Crippen LogP contribution in [0.2, 0.25) is 0 Å². The molecular weight excluding hydrogens is 404 g/mol. The van der Waals surface area contributed by atoms with Gasteiger partial charge in [-0.05, 0) is 54.0 Å². The number of carboxylic acids is 1. The van der Waals surface area contributed by atoms with Crippen molar-refractivity contribution in [2.45, 2.75) is 51.0 Å². The van der Waals surface area contributed by atoms with Crippen LogP contribution >= 0.6 is 11.3 Å². The van der Waals surface area contributed by atoms with E-state index in [4.69, 9.17) is 0 Å². The van der Waals surface area contributed by atoms with Gasteiger partial charge in [0.15, 0.2) is 0 Å². The zero-order chi connectivity index (χ0) is 21.2. The Labute approximate surface area is 186 Å². The van der Waals surface area contributed by atoms with E-state index in [0.29, 0.717) is 10.8 Å². The molecular formula is C26H26N2O2S. The SMILES string of the molecule is O=C(O)c1cc2c(s1)c(C1CCCCC1)c(-c1ccccc1)n2CCc1cccnc1. The molecule has 4 aromatic rings. The van der Waals surface area contributed by atoms with Crippen LogP contribution in [0.3, 0.4) is 0 Å². The van der Waals surface area contributed by atoms with Gasteiger partial charge in [-0.25, -0.2) is 4.79 Å². The highest BCUT2D eigenvalue weighted by molar-refractivity contribution is 7.21. The van der Waals surface area contributed by atoms with Gasteiger partial charge in [0.25, 0.3) is 0 Å². The average Bonchev–Trinajstić information content (AvgIpc) is 3.37. The first kappa shape index (κ1) is 20.0. The Hall–Kier alpha value is -2.92. The molecule has 4 nitrogen and oxygen atoms in total. The first-order valence-electron chi connectivity index (χ1n) is 11.1.